The molecule has 0 spiro atoms. The van der Waals surface area contributed by atoms with Crippen LogP contribution in [0.1, 0.15) is 17.7 Å². The van der Waals surface area contributed by atoms with E-state index >= 15 is 0 Å². The van der Waals surface area contributed by atoms with Gasteiger partial charge in [0.1, 0.15) is 12.3 Å². The van der Waals surface area contributed by atoms with Crippen molar-refractivity contribution in [2.24, 2.45) is 0 Å². The SMILES string of the molecule is Cc1ccc(N(CC(=O)O)C(=O)CCc2ccco2)cc1. The number of carbonyl (C=O) groups is 2. The second-order valence-electron chi connectivity index (χ2n) is 4.79. The fraction of sp³-hybridized carbons (Fsp3) is 0.250. The van der Waals surface area contributed by atoms with E-state index in [4.69, 9.17) is 9.52 Å². The first kappa shape index (κ1) is 14.8. The van der Waals surface area contributed by atoms with Crippen LogP contribution < -0.4 is 4.90 Å². The molecule has 5 heteroatoms. The lowest BCUT2D eigenvalue weighted by Crippen LogP contribution is -2.35. The molecule has 1 aromatic heterocycles. The van der Waals surface area contributed by atoms with Crippen molar-refractivity contribution in [1.29, 1.82) is 0 Å². The average Bonchev–Trinajstić information content (AvgIpc) is 2.96. The lowest BCUT2D eigenvalue weighted by molar-refractivity contribution is -0.136. The Kier molecular flexibility index (Phi) is 4.77. The summed E-state index contributed by atoms with van der Waals surface area (Å²) < 4.78 is 5.18. The van der Waals surface area contributed by atoms with Gasteiger partial charge in [-0.05, 0) is 31.2 Å². The number of aryl methyl sites for hydroxylation is 2. The molecule has 0 aliphatic carbocycles. The van der Waals surface area contributed by atoms with Crippen LogP contribution in [0.4, 0.5) is 5.69 Å². The number of anilines is 1. The molecule has 5 nitrogen and oxygen atoms in total. The first-order chi connectivity index (χ1) is 10.1. The summed E-state index contributed by atoms with van der Waals surface area (Å²) in [5.41, 5.74) is 1.64. The number of amides is 1. The van der Waals surface area contributed by atoms with Crippen molar-refractivity contribution in [2.75, 3.05) is 11.4 Å². The van der Waals surface area contributed by atoms with Crippen LogP contribution in [0.3, 0.4) is 0 Å². The summed E-state index contributed by atoms with van der Waals surface area (Å²) in [6.45, 7) is 1.59. The van der Waals surface area contributed by atoms with Crippen LogP contribution in [0.25, 0.3) is 0 Å². The molecule has 0 fully saturated rings. The standard InChI is InChI=1S/C16H17NO4/c1-12-4-6-13(7-5-12)17(11-16(19)20)15(18)9-8-14-3-2-10-21-14/h2-7,10H,8-9,11H2,1H3,(H,19,20). The Balaban J connectivity index is 2.09. The number of carboxylic acid groups (broad SMARTS) is 1. The Labute approximate surface area is 122 Å². The van der Waals surface area contributed by atoms with Crippen LogP contribution in [0.5, 0.6) is 0 Å². The van der Waals surface area contributed by atoms with E-state index in [2.05, 4.69) is 0 Å². The summed E-state index contributed by atoms with van der Waals surface area (Å²) >= 11 is 0. The predicted octanol–water partition coefficient (Wildman–Crippen LogP) is 2.64. The van der Waals surface area contributed by atoms with Crippen molar-refractivity contribution in [3.8, 4) is 0 Å². The smallest absolute Gasteiger partial charge is 0.323 e. The second kappa shape index (κ2) is 6.74. The Hall–Kier alpha value is -2.56. The largest absolute Gasteiger partial charge is 0.480 e. The molecule has 2 rings (SSSR count). The third kappa shape index (κ3) is 4.21. The third-order valence-corrected chi connectivity index (χ3v) is 3.11. The molecule has 0 radical (unpaired) electrons. The highest BCUT2D eigenvalue weighted by Gasteiger charge is 2.18. The van der Waals surface area contributed by atoms with Gasteiger partial charge in [-0.2, -0.15) is 0 Å². The van der Waals surface area contributed by atoms with Crippen molar-refractivity contribution < 1.29 is 19.1 Å². The number of hydrogen-bond donors (Lipinski definition) is 1. The molecule has 1 amide bonds. The highest BCUT2D eigenvalue weighted by atomic mass is 16.4. The van der Waals surface area contributed by atoms with E-state index in [1.165, 1.54) is 4.90 Å². The summed E-state index contributed by atoms with van der Waals surface area (Å²) in [6.07, 6.45) is 2.21. The maximum atomic E-state index is 12.3. The minimum absolute atomic E-state index is 0.203. The fourth-order valence-corrected chi connectivity index (χ4v) is 2.00. The maximum Gasteiger partial charge on any atom is 0.323 e. The zero-order chi connectivity index (χ0) is 15.2. The van der Waals surface area contributed by atoms with Gasteiger partial charge in [-0.3, -0.25) is 9.59 Å². The fourth-order valence-electron chi connectivity index (χ4n) is 2.00. The van der Waals surface area contributed by atoms with Crippen LogP contribution >= 0.6 is 0 Å². The van der Waals surface area contributed by atoms with Gasteiger partial charge in [0.25, 0.3) is 0 Å². The monoisotopic (exact) mass is 287 g/mol. The third-order valence-electron chi connectivity index (χ3n) is 3.11. The van der Waals surface area contributed by atoms with Crippen molar-refractivity contribution in [3.05, 3.63) is 54.0 Å². The normalized spacial score (nSPS) is 10.3. The zero-order valence-electron chi connectivity index (χ0n) is 11.8. The first-order valence-corrected chi connectivity index (χ1v) is 6.67. The Morgan fingerprint density at radius 1 is 1.19 bits per heavy atom. The zero-order valence-corrected chi connectivity index (χ0v) is 11.8. The molecule has 1 N–H and O–H groups in total. The van der Waals surface area contributed by atoms with Crippen molar-refractivity contribution in [1.82, 2.24) is 0 Å². The molecule has 0 atom stereocenters. The number of carbonyl (C=O) groups excluding carboxylic acids is 1. The molecule has 0 bridgehead atoms. The van der Waals surface area contributed by atoms with Crippen LogP contribution in [0.2, 0.25) is 0 Å². The summed E-state index contributed by atoms with van der Waals surface area (Å²) in [6, 6.07) is 10.8. The van der Waals surface area contributed by atoms with Gasteiger partial charge in [-0.25, -0.2) is 0 Å². The number of furan rings is 1. The van der Waals surface area contributed by atoms with E-state index < -0.39 is 5.97 Å². The molecule has 21 heavy (non-hydrogen) atoms. The molecule has 0 saturated heterocycles. The second-order valence-corrected chi connectivity index (χ2v) is 4.79. The molecule has 0 saturated carbocycles. The maximum absolute atomic E-state index is 12.3. The number of hydrogen-bond acceptors (Lipinski definition) is 3. The van der Waals surface area contributed by atoms with Gasteiger partial charge in [0, 0.05) is 18.5 Å². The van der Waals surface area contributed by atoms with E-state index in [0.717, 1.165) is 5.56 Å². The molecular weight excluding hydrogens is 270 g/mol. The van der Waals surface area contributed by atoms with Gasteiger partial charge in [-0.1, -0.05) is 17.7 Å². The van der Waals surface area contributed by atoms with E-state index in [9.17, 15) is 9.59 Å². The number of aliphatic carboxylic acids is 1. The Bertz CT molecular complexity index is 602. The van der Waals surface area contributed by atoms with Crippen LogP contribution in [0.15, 0.2) is 47.1 Å². The summed E-state index contributed by atoms with van der Waals surface area (Å²) in [5, 5.41) is 8.99. The van der Waals surface area contributed by atoms with Crippen molar-refractivity contribution in [3.63, 3.8) is 0 Å². The van der Waals surface area contributed by atoms with E-state index in [0.29, 0.717) is 17.9 Å². The van der Waals surface area contributed by atoms with Gasteiger partial charge < -0.3 is 14.4 Å². The first-order valence-electron chi connectivity index (χ1n) is 6.67. The van der Waals surface area contributed by atoms with Gasteiger partial charge in [0.2, 0.25) is 5.91 Å². The van der Waals surface area contributed by atoms with E-state index in [1.54, 1.807) is 30.5 Å². The lowest BCUT2D eigenvalue weighted by atomic mass is 10.2. The lowest BCUT2D eigenvalue weighted by Gasteiger charge is -2.21. The van der Waals surface area contributed by atoms with Gasteiger partial charge in [-0.15, -0.1) is 0 Å². The molecular formula is C16H17NO4. The summed E-state index contributed by atoms with van der Waals surface area (Å²) in [4.78, 5) is 24.5. The number of carboxylic acids is 1. The van der Waals surface area contributed by atoms with Gasteiger partial charge in [0.05, 0.1) is 6.26 Å². The molecule has 110 valence electrons. The van der Waals surface area contributed by atoms with Crippen molar-refractivity contribution >= 4 is 17.6 Å². The highest BCUT2D eigenvalue weighted by molar-refractivity contribution is 5.97. The van der Waals surface area contributed by atoms with E-state index in [1.807, 2.05) is 19.1 Å². The number of nitrogens with zero attached hydrogens (tertiary/aromatic N) is 1. The van der Waals surface area contributed by atoms with Gasteiger partial charge in [0.15, 0.2) is 0 Å². The molecule has 1 aromatic carbocycles. The quantitative estimate of drug-likeness (QED) is 0.886. The predicted molar refractivity (Wildman–Crippen MR) is 78.2 cm³/mol. The molecule has 1 heterocycles. The molecule has 2 aromatic rings. The van der Waals surface area contributed by atoms with E-state index in [-0.39, 0.29) is 18.9 Å². The van der Waals surface area contributed by atoms with Crippen LogP contribution in [0, 0.1) is 6.92 Å². The molecule has 0 aliphatic rings. The number of benzene rings is 1. The number of rotatable bonds is 6. The highest BCUT2D eigenvalue weighted by Crippen LogP contribution is 2.17. The summed E-state index contributed by atoms with van der Waals surface area (Å²) in [5.74, 6) is -0.567. The Morgan fingerprint density at radius 2 is 1.90 bits per heavy atom. The van der Waals surface area contributed by atoms with Gasteiger partial charge >= 0.3 is 5.97 Å². The minimum Gasteiger partial charge on any atom is -0.480 e. The average molecular weight is 287 g/mol. The van der Waals surface area contributed by atoms with Crippen LogP contribution in [-0.2, 0) is 16.0 Å². The Morgan fingerprint density at radius 3 is 2.48 bits per heavy atom. The minimum atomic E-state index is -1.04. The van der Waals surface area contributed by atoms with Crippen LogP contribution in [-0.4, -0.2) is 23.5 Å². The summed E-state index contributed by atoms with van der Waals surface area (Å²) in [7, 11) is 0. The molecule has 0 aliphatic heterocycles. The van der Waals surface area contributed by atoms with Crippen molar-refractivity contribution in [2.45, 2.75) is 19.8 Å². The molecule has 0 unspecified atom stereocenters. The topological polar surface area (TPSA) is 70.8 Å².